The van der Waals surface area contributed by atoms with Crippen LogP contribution in [-0.2, 0) is 6.54 Å². The summed E-state index contributed by atoms with van der Waals surface area (Å²) >= 11 is 5.66. The van der Waals surface area contributed by atoms with Crippen LogP contribution in [0, 0.1) is 11.6 Å². The van der Waals surface area contributed by atoms with Crippen LogP contribution in [0.5, 0.6) is 0 Å². The van der Waals surface area contributed by atoms with Gasteiger partial charge in [-0.25, -0.2) is 8.78 Å². The molecular weight excluding hydrogens is 244 g/mol. The van der Waals surface area contributed by atoms with Gasteiger partial charge in [-0.1, -0.05) is 0 Å². The largest absolute Gasteiger partial charge is 0.297 e. The van der Waals surface area contributed by atoms with Gasteiger partial charge in [-0.15, -0.1) is 11.6 Å². The Morgan fingerprint density at radius 3 is 2.24 bits per heavy atom. The second-order valence-electron chi connectivity index (χ2n) is 4.38. The molecule has 17 heavy (non-hydrogen) atoms. The summed E-state index contributed by atoms with van der Waals surface area (Å²) in [6.07, 6.45) is 0.873. The summed E-state index contributed by atoms with van der Waals surface area (Å²) in [7, 11) is 0. The zero-order valence-electron chi connectivity index (χ0n) is 10.2. The van der Waals surface area contributed by atoms with Gasteiger partial charge in [0, 0.05) is 24.5 Å². The third-order valence-corrected chi connectivity index (χ3v) is 2.88. The lowest BCUT2D eigenvalue weighted by molar-refractivity contribution is 0.213. The number of nitrogens with zero attached hydrogens (tertiary/aromatic N) is 1. The molecule has 0 aromatic heterocycles. The molecule has 0 aliphatic carbocycles. The summed E-state index contributed by atoms with van der Waals surface area (Å²) in [6.45, 7) is 5.50. The van der Waals surface area contributed by atoms with E-state index >= 15 is 0 Å². The molecule has 0 N–H and O–H groups in total. The van der Waals surface area contributed by atoms with E-state index in [-0.39, 0.29) is 0 Å². The molecule has 4 heteroatoms. The van der Waals surface area contributed by atoms with Crippen molar-refractivity contribution in [3.63, 3.8) is 0 Å². The van der Waals surface area contributed by atoms with Crippen LogP contribution in [0.1, 0.15) is 25.8 Å². The fourth-order valence-electron chi connectivity index (χ4n) is 1.72. The summed E-state index contributed by atoms with van der Waals surface area (Å²) in [6, 6.07) is 3.96. The maximum Gasteiger partial charge on any atom is 0.126 e. The van der Waals surface area contributed by atoms with Gasteiger partial charge in [0.25, 0.3) is 0 Å². The Morgan fingerprint density at radius 2 is 1.76 bits per heavy atom. The van der Waals surface area contributed by atoms with Crippen molar-refractivity contribution in [3.8, 4) is 0 Å². The lowest BCUT2D eigenvalue weighted by Gasteiger charge is -2.26. The number of halogens is 3. The van der Waals surface area contributed by atoms with E-state index in [4.69, 9.17) is 11.6 Å². The lowest BCUT2D eigenvalue weighted by Crippen LogP contribution is -2.31. The van der Waals surface area contributed by atoms with Crippen molar-refractivity contribution in [3.05, 3.63) is 35.4 Å². The topological polar surface area (TPSA) is 3.24 Å². The van der Waals surface area contributed by atoms with Crippen molar-refractivity contribution in [2.45, 2.75) is 32.9 Å². The highest BCUT2D eigenvalue weighted by Crippen LogP contribution is 2.13. The normalized spacial score (nSPS) is 11.5. The van der Waals surface area contributed by atoms with Crippen LogP contribution in [0.2, 0.25) is 0 Å². The maximum atomic E-state index is 13.1. The summed E-state index contributed by atoms with van der Waals surface area (Å²) in [5.74, 6) is -0.456. The average Bonchev–Trinajstić information content (AvgIpc) is 2.22. The molecule has 0 saturated heterocycles. The van der Waals surface area contributed by atoms with Crippen molar-refractivity contribution >= 4 is 11.6 Å². The predicted molar refractivity (Wildman–Crippen MR) is 67.2 cm³/mol. The van der Waals surface area contributed by atoms with E-state index in [1.807, 2.05) is 0 Å². The third-order valence-electron chi connectivity index (χ3n) is 2.62. The number of hydrogen-bond acceptors (Lipinski definition) is 1. The second-order valence-corrected chi connectivity index (χ2v) is 4.76. The van der Waals surface area contributed by atoms with E-state index < -0.39 is 11.6 Å². The van der Waals surface area contributed by atoms with Gasteiger partial charge in [-0.05, 0) is 44.5 Å². The van der Waals surface area contributed by atoms with Crippen molar-refractivity contribution in [1.29, 1.82) is 0 Å². The van der Waals surface area contributed by atoms with Gasteiger partial charge >= 0.3 is 0 Å². The minimum Gasteiger partial charge on any atom is -0.297 e. The first-order valence-corrected chi connectivity index (χ1v) is 6.31. The molecule has 0 aliphatic heterocycles. The second kappa shape index (κ2) is 6.92. The van der Waals surface area contributed by atoms with Crippen molar-refractivity contribution < 1.29 is 8.78 Å². The number of alkyl halides is 1. The molecule has 0 amide bonds. The highest BCUT2D eigenvalue weighted by atomic mass is 35.5. The first-order valence-electron chi connectivity index (χ1n) is 5.78. The van der Waals surface area contributed by atoms with Gasteiger partial charge in [-0.3, -0.25) is 4.90 Å². The molecule has 1 nitrogen and oxygen atoms in total. The lowest BCUT2D eigenvalue weighted by atomic mass is 10.1. The van der Waals surface area contributed by atoms with Crippen LogP contribution in [0.25, 0.3) is 0 Å². The van der Waals surface area contributed by atoms with Gasteiger partial charge in [0.05, 0.1) is 0 Å². The predicted octanol–water partition coefficient (Wildman–Crippen LogP) is 3.80. The van der Waals surface area contributed by atoms with Gasteiger partial charge in [0.1, 0.15) is 11.6 Å². The van der Waals surface area contributed by atoms with Gasteiger partial charge in [0.15, 0.2) is 0 Å². The molecule has 0 unspecified atom stereocenters. The molecule has 96 valence electrons. The highest BCUT2D eigenvalue weighted by Gasteiger charge is 2.11. The average molecular weight is 262 g/mol. The highest BCUT2D eigenvalue weighted by molar-refractivity contribution is 6.17. The van der Waals surface area contributed by atoms with E-state index in [9.17, 15) is 8.78 Å². The Bertz CT molecular complexity index is 335. The third kappa shape index (κ3) is 5.00. The molecule has 0 radical (unpaired) electrons. The van der Waals surface area contributed by atoms with E-state index in [2.05, 4.69) is 18.7 Å². The molecule has 0 atom stereocenters. The Kier molecular flexibility index (Phi) is 5.86. The molecule has 0 aliphatic rings. The van der Waals surface area contributed by atoms with Gasteiger partial charge in [-0.2, -0.15) is 0 Å². The van der Waals surface area contributed by atoms with Crippen LogP contribution in [-0.4, -0.2) is 23.4 Å². The molecule has 0 spiro atoms. The first kappa shape index (κ1) is 14.4. The molecular formula is C13H18ClF2N. The van der Waals surface area contributed by atoms with Crippen LogP contribution in [0.15, 0.2) is 18.2 Å². The number of rotatable bonds is 6. The van der Waals surface area contributed by atoms with E-state index in [0.29, 0.717) is 24.0 Å². The van der Waals surface area contributed by atoms with E-state index in [1.54, 1.807) is 0 Å². The monoisotopic (exact) mass is 261 g/mol. The van der Waals surface area contributed by atoms with Gasteiger partial charge < -0.3 is 0 Å². The Hall–Kier alpha value is -0.670. The van der Waals surface area contributed by atoms with Gasteiger partial charge in [0.2, 0.25) is 0 Å². The summed E-state index contributed by atoms with van der Waals surface area (Å²) < 4.78 is 26.1. The van der Waals surface area contributed by atoms with Crippen molar-refractivity contribution in [1.82, 2.24) is 4.90 Å². The fraction of sp³-hybridized carbons (Fsp3) is 0.538. The number of benzene rings is 1. The first-order chi connectivity index (χ1) is 8.02. The van der Waals surface area contributed by atoms with Crippen molar-refractivity contribution in [2.75, 3.05) is 12.4 Å². The van der Waals surface area contributed by atoms with Crippen LogP contribution in [0.4, 0.5) is 8.78 Å². The Morgan fingerprint density at radius 1 is 1.18 bits per heavy atom. The minimum absolute atomic E-state index is 0.324. The molecule has 0 saturated carbocycles. The summed E-state index contributed by atoms with van der Waals surface area (Å²) in [5.41, 5.74) is 0.658. The smallest absolute Gasteiger partial charge is 0.126 e. The number of hydrogen-bond donors (Lipinski definition) is 0. The Labute approximate surface area is 106 Å². The Balaban J connectivity index is 2.71. The molecule has 1 aromatic rings. The van der Waals surface area contributed by atoms with Crippen LogP contribution < -0.4 is 0 Å². The molecule has 0 fully saturated rings. The molecule has 1 aromatic carbocycles. The standard InChI is InChI=1S/C13H18ClF2N/c1-10(2)17(5-3-4-14)9-11-6-12(15)8-13(16)7-11/h6-8,10H,3-5,9H2,1-2H3. The minimum atomic E-state index is -0.527. The van der Waals surface area contributed by atoms with Crippen molar-refractivity contribution in [2.24, 2.45) is 0 Å². The maximum absolute atomic E-state index is 13.1. The van der Waals surface area contributed by atoms with Crippen LogP contribution >= 0.6 is 11.6 Å². The SMILES string of the molecule is CC(C)N(CCCCl)Cc1cc(F)cc(F)c1. The summed E-state index contributed by atoms with van der Waals surface area (Å²) in [4.78, 5) is 2.15. The van der Waals surface area contributed by atoms with Crippen LogP contribution in [0.3, 0.4) is 0 Å². The van der Waals surface area contributed by atoms with E-state index in [0.717, 1.165) is 19.0 Å². The quantitative estimate of drug-likeness (QED) is 0.704. The molecule has 0 heterocycles. The van der Waals surface area contributed by atoms with E-state index in [1.165, 1.54) is 12.1 Å². The zero-order valence-corrected chi connectivity index (χ0v) is 11.0. The summed E-state index contributed by atoms with van der Waals surface area (Å²) in [5, 5.41) is 0. The zero-order chi connectivity index (χ0) is 12.8. The molecule has 0 bridgehead atoms. The molecule has 1 rings (SSSR count). The fourth-order valence-corrected chi connectivity index (χ4v) is 1.84.